The monoisotopic (exact) mass is 392 g/mol. The summed E-state index contributed by atoms with van der Waals surface area (Å²) in [7, 11) is 0. The molecule has 0 radical (unpaired) electrons. The molecule has 2 amide bonds. The molecule has 2 aromatic rings. The Morgan fingerprint density at radius 1 is 1.08 bits per heavy atom. The van der Waals surface area contributed by atoms with Gasteiger partial charge in [-0.2, -0.15) is 5.10 Å². The molecule has 130 valence electrons. The highest BCUT2D eigenvalue weighted by atomic mass is 79.9. The fourth-order valence-corrected chi connectivity index (χ4v) is 2.59. The molecule has 0 fully saturated rings. The molecule has 0 spiro atoms. The van der Waals surface area contributed by atoms with E-state index in [1.165, 1.54) is 0 Å². The topological polar surface area (TPSA) is 59.0 Å². The number of amides is 2. The van der Waals surface area contributed by atoms with Gasteiger partial charge in [-0.1, -0.05) is 42.8 Å². The average Bonchev–Trinajstić information content (AvgIpc) is 2.82. The molecule has 24 heavy (non-hydrogen) atoms. The molecule has 0 atom stereocenters. The van der Waals surface area contributed by atoms with E-state index >= 15 is 0 Å². The van der Waals surface area contributed by atoms with Crippen molar-refractivity contribution in [1.82, 2.24) is 9.78 Å². The second-order valence-electron chi connectivity index (χ2n) is 7.84. The summed E-state index contributed by atoms with van der Waals surface area (Å²) < 4.78 is 2.77. The van der Waals surface area contributed by atoms with Crippen molar-refractivity contribution in [1.29, 1.82) is 0 Å². The molecule has 0 unspecified atom stereocenters. The molecule has 5 nitrogen and oxygen atoms in total. The zero-order valence-corrected chi connectivity index (χ0v) is 16.7. The minimum Gasteiger partial charge on any atom is -0.308 e. The van der Waals surface area contributed by atoms with Crippen LogP contribution in [0.15, 0.2) is 34.8 Å². The number of nitrogens with zero attached hydrogens (tertiary/aromatic N) is 2. The van der Waals surface area contributed by atoms with Crippen LogP contribution in [0.2, 0.25) is 0 Å². The van der Waals surface area contributed by atoms with Crippen LogP contribution in [0.5, 0.6) is 0 Å². The van der Waals surface area contributed by atoms with Crippen LogP contribution in [0.1, 0.15) is 47.2 Å². The summed E-state index contributed by atoms with van der Waals surface area (Å²) in [5.41, 5.74) is 1.34. The van der Waals surface area contributed by atoms with Gasteiger partial charge < -0.3 is 5.32 Å². The maximum absolute atomic E-state index is 12.4. The van der Waals surface area contributed by atoms with Gasteiger partial charge in [0.1, 0.15) is 5.82 Å². The Bertz CT molecular complexity index is 738. The van der Waals surface area contributed by atoms with Crippen molar-refractivity contribution in [2.45, 2.75) is 52.5 Å². The number of nitrogens with one attached hydrogen (secondary N) is 2. The zero-order chi connectivity index (χ0) is 18.1. The molecule has 0 aliphatic heterocycles. The quantitative estimate of drug-likeness (QED) is 0.723. The lowest BCUT2D eigenvalue weighted by Gasteiger charge is -2.23. The lowest BCUT2D eigenvalue weighted by molar-refractivity contribution is 0.261. The van der Waals surface area contributed by atoms with Crippen molar-refractivity contribution in [2.75, 3.05) is 10.6 Å². The highest BCUT2D eigenvalue weighted by molar-refractivity contribution is 9.10. The Morgan fingerprint density at radius 3 is 2.29 bits per heavy atom. The van der Waals surface area contributed by atoms with Crippen LogP contribution in [0, 0.1) is 0 Å². The number of benzene rings is 1. The summed E-state index contributed by atoms with van der Waals surface area (Å²) >= 11 is 3.40. The van der Waals surface area contributed by atoms with Gasteiger partial charge in [0.2, 0.25) is 0 Å². The Hall–Kier alpha value is -1.82. The lowest BCUT2D eigenvalue weighted by Crippen LogP contribution is -2.28. The number of hydrogen-bond donors (Lipinski definition) is 2. The second kappa shape index (κ2) is 6.59. The van der Waals surface area contributed by atoms with E-state index in [0.29, 0.717) is 5.82 Å². The van der Waals surface area contributed by atoms with Crippen LogP contribution in [-0.2, 0) is 11.0 Å². The largest absolute Gasteiger partial charge is 0.324 e. The molecular weight excluding hydrogens is 368 g/mol. The van der Waals surface area contributed by atoms with E-state index in [2.05, 4.69) is 68.1 Å². The fraction of sp³-hybridized carbons (Fsp3) is 0.444. The van der Waals surface area contributed by atoms with Crippen LogP contribution in [0.4, 0.5) is 16.3 Å². The first-order valence-corrected chi connectivity index (χ1v) is 8.71. The van der Waals surface area contributed by atoms with Gasteiger partial charge in [-0.3, -0.25) is 5.32 Å². The first-order valence-electron chi connectivity index (χ1n) is 7.91. The summed E-state index contributed by atoms with van der Waals surface area (Å²) in [6.07, 6.45) is 0. The van der Waals surface area contributed by atoms with Gasteiger partial charge in [-0.05, 0) is 39.0 Å². The molecule has 6 heteroatoms. The summed E-state index contributed by atoms with van der Waals surface area (Å²) in [6.45, 7) is 12.5. The molecular formula is C18H25BrN4O. The number of halogens is 1. The number of urea groups is 1. The number of carbonyl (C=O) groups is 1. The van der Waals surface area contributed by atoms with Gasteiger partial charge in [0.15, 0.2) is 0 Å². The van der Waals surface area contributed by atoms with E-state index < -0.39 is 0 Å². The summed E-state index contributed by atoms with van der Waals surface area (Å²) in [5, 5.41) is 10.4. The standard InChI is InChI=1S/C18H25BrN4O/c1-17(2,3)14-11-15(23(22-14)18(4,5)6)21-16(24)20-13-9-7-8-12(19)10-13/h7-11H,1-6H3,(H2,20,21,24). The first-order chi connectivity index (χ1) is 11.0. The van der Waals surface area contributed by atoms with Crippen LogP contribution < -0.4 is 10.6 Å². The second-order valence-corrected chi connectivity index (χ2v) is 8.75. The maximum Gasteiger partial charge on any atom is 0.324 e. The van der Waals surface area contributed by atoms with E-state index in [4.69, 9.17) is 5.10 Å². The van der Waals surface area contributed by atoms with Crippen molar-refractivity contribution in [3.63, 3.8) is 0 Å². The van der Waals surface area contributed by atoms with Crippen LogP contribution in [0.3, 0.4) is 0 Å². The highest BCUT2D eigenvalue weighted by Crippen LogP contribution is 2.28. The molecule has 2 N–H and O–H groups in total. The summed E-state index contributed by atoms with van der Waals surface area (Å²) in [4.78, 5) is 12.4. The Morgan fingerprint density at radius 2 is 1.75 bits per heavy atom. The minimum absolute atomic E-state index is 0.0896. The summed E-state index contributed by atoms with van der Waals surface area (Å²) in [6, 6.07) is 9.11. The van der Waals surface area contributed by atoms with Gasteiger partial charge in [0.25, 0.3) is 0 Å². The third-order valence-corrected chi connectivity index (χ3v) is 3.93. The maximum atomic E-state index is 12.4. The molecule has 0 aliphatic rings. The number of anilines is 2. The molecule has 2 rings (SSSR count). The first kappa shape index (κ1) is 18.5. The predicted octanol–water partition coefficient (Wildman–Crippen LogP) is 5.34. The zero-order valence-electron chi connectivity index (χ0n) is 15.1. The normalized spacial score (nSPS) is 12.1. The average molecular weight is 393 g/mol. The van der Waals surface area contributed by atoms with Gasteiger partial charge in [-0.25, -0.2) is 9.48 Å². The molecule has 0 saturated carbocycles. The number of rotatable bonds is 2. The van der Waals surface area contributed by atoms with E-state index in [9.17, 15) is 4.79 Å². The number of hydrogen-bond acceptors (Lipinski definition) is 2. The number of carbonyl (C=O) groups excluding carboxylic acids is 1. The van der Waals surface area contributed by atoms with Crippen molar-refractivity contribution >= 4 is 33.5 Å². The minimum atomic E-state index is -0.293. The highest BCUT2D eigenvalue weighted by Gasteiger charge is 2.25. The smallest absolute Gasteiger partial charge is 0.308 e. The predicted molar refractivity (Wildman–Crippen MR) is 103 cm³/mol. The molecule has 0 bridgehead atoms. The molecule has 0 aliphatic carbocycles. The van der Waals surface area contributed by atoms with Crippen LogP contribution in [0.25, 0.3) is 0 Å². The van der Waals surface area contributed by atoms with Crippen molar-refractivity contribution < 1.29 is 4.79 Å². The SMILES string of the molecule is CC(C)(C)c1cc(NC(=O)Nc2cccc(Br)c2)n(C(C)(C)C)n1. The van der Waals surface area contributed by atoms with Gasteiger partial charge >= 0.3 is 6.03 Å². The van der Waals surface area contributed by atoms with Crippen LogP contribution in [-0.4, -0.2) is 15.8 Å². The van der Waals surface area contributed by atoms with Crippen molar-refractivity contribution in [3.8, 4) is 0 Å². The molecule has 1 aromatic heterocycles. The Labute approximate surface area is 152 Å². The van der Waals surface area contributed by atoms with E-state index in [-0.39, 0.29) is 17.0 Å². The fourth-order valence-electron chi connectivity index (χ4n) is 2.19. The van der Waals surface area contributed by atoms with Gasteiger partial charge in [-0.15, -0.1) is 0 Å². The third kappa shape index (κ3) is 4.60. The van der Waals surface area contributed by atoms with Gasteiger partial charge in [0.05, 0.1) is 11.2 Å². The van der Waals surface area contributed by atoms with E-state index in [0.717, 1.165) is 15.9 Å². The molecule has 0 saturated heterocycles. The van der Waals surface area contributed by atoms with E-state index in [1.807, 2.05) is 35.0 Å². The van der Waals surface area contributed by atoms with Crippen molar-refractivity contribution in [3.05, 3.63) is 40.5 Å². The Kier molecular flexibility index (Phi) is 5.08. The van der Waals surface area contributed by atoms with Crippen LogP contribution >= 0.6 is 15.9 Å². The van der Waals surface area contributed by atoms with E-state index in [1.54, 1.807) is 0 Å². The van der Waals surface area contributed by atoms with Crippen molar-refractivity contribution in [2.24, 2.45) is 0 Å². The Balaban J connectivity index is 2.24. The third-order valence-electron chi connectivity index (χ3n) is 3.44. The summed E-state index contributed by atoms with van der Waals surface area (Å²) in [5.74, 6) is 0.680. The van der Waals surface area contributed by atoms with Gasteiger partial charge in [0, 0.05) is 21.6 Å². The number of aromatic nitrogens is 2. The molecule has 1 aromatic carbocycles. The lowest BCUT2D eigenvalue weighted by atomic mass is 9.92. The molecule has 1 heterocycles.